The molecule has 0 spiro atoms. The van der Waals surface area contributed by atoms with Crippen LogP contribution in [0.3, 0.4) is 0 Å². The molecule has 2 aromatic carbocycles. The summed E-state index contributed by atoms with van der Waals surface area (Å²) >= 11 is 0. The van der Waals surface area contributed by atoms with E-state index in [-0.39, 0.29) is 37.7 Å². The topological polar surface area (TPSA) is 81.1 Å². The van der Waals surface area contributed by atoms with Gasteiger partial charge in [0.05, 0.1) is 13.1 Å². The first-order valence-corrected chi connectivity index (χ1v) is 9.69. The lowest BCUT2D eigenvalue weighted by Crippen LogP contribution is -3.11. The minimum atomic E-state index is -0.173. The predicted octanol–water partition coefficient (Wildman–Crippen LogP) is 1.36. The van der Waals surface area contributed by atoms with Crippen LogP contribution < -0.4 is 25.0 Å². The van der Waals surface area contributed by atoms with E-state index in [0.717, 1.165) is 27.3 Å². The maximum Gasteiger partial charge on any atom is 0.279 e. The molecule has 7 nitrogen and oxygen atoms in total. The number of carbonyl (C=O) groups excluding carboxylic acids is 2. The molecule has 0 saturated heterocycles. The van der Waals surface area contributed by atoms with E-state index < -0.39 is 0 Å². The normalized spacial score (nSPS) is 14.2. The highest BCUT2D eigenvalue weighted by Crippen LogP contribution is 2.34. The van der Waals surface area contributed by atoms with Crippen molar-refractivity contribution >= 4 is 17.5 Å². The van der Waals surface area contributed by atoms with Crippen molar-refractivity contribution in [1.82, 2.24) is 5.32 Å². The molecule has 2 amide bonds. The van der Waals surface area contributed by atoms with Crippen molar-refractivity contribution in [2.75, 3.05) is 32.2 Å². The van der Waals surface area contributed by atoms with Crippen molar-refractivity contribution < 1.29 is 24.0 Å². The third-order valence-electron chi connectivity index (χ3n) is 4.94. The maximum atomic E-state index is 12.4. The van der Waals surface area contributed by atoms with Crippen molar-refractivity contribution in [3.8, 4) is 11.5 Å². The van der Waals surface area contributed by atoms with E-state index in [2.05, 4.69) is 10.6 Å². The Morgan fingerprint density at radius 1 is 1.03 bits per heavy atom. The lowest BCUT2D eigenvalue weighted by molar-refractivity contribution is -0.862. The van der Waals surface area contributed by atoms with Gasteiger partial charge in [-0.15, -0.1) is 0 Å². The molecule has 7 heteroatoms. The largest absolute Gasteiger partial charge is 0.454 e. The zero-order chi connectivity index (χ0) is 21.0. The molecule has 0 aromatic heterocycles. The third-order valence-corrected chi connectivity index (χ3v) is 4.94. The number of likely N-dealkylation sites (N-methyl/N-ethyl adjacent to an activating group) is 1. The van der Waals surface area contributed by atoms with Crippen LogP contribution >= 0.6 is 0 Å². The van der Waals surface area contributed by atoms with E-state index in [9.17, 15) is 9.59 Å². The molecule has 0 fully saturated rings. The molecular formula is C22H28N3O4+. The molecule has 1 aliphatic rings. The van der Waals surface area contributed by atoms with Gasteiger partial charge in [0.1, 0.15) is 0 Å². The summed E-state index contributed by atoms with van der Waals surface area (Å²) in [6.45, 7) is 6.47. The third kappa shape index (κ3) is 5.26. The monoisotopic (exact) mass is 398 g/mol. The molecular weight excluding hydrogens is 370 g/mol. The van der Waals surface area contributed by atoms with Crippen LogP contribution in [0.2, 0.25) is 0 Å². The average molecular weight is 398 g/mol. The fraction of sp³-hybridized carbons (Fsp3) is 0.364. The number of aryl methyl sites for hydroxylation is 2. The predicted molar refractivity (Wildman–Crippen MR) is 110 cm³/mol. The number of rotatable bonds is 7. The number of nitrogens with one attached hydrogen (secondary N) is 3. The average Bonchev–Trinajstić information content (AvgIpc) is 3.12. The van der Waals surface area contributed by atoms with Crippen LogP contribution in [0.5, 0.6) is 11.5 Å². The van der Waals surface area contributed by atoms with E-state index in [1.807, 2.05) is 64.2 Å². The first kappa shape index (κ1) is 20.7. The Kier molecular flexibility index (Phi) is 6.39. The maximum absolute atomic E-state index is 12.4. The number of hydrogen-bond donors (Lipinski definition) is 3. The number of benzene rings is 2. The van der Waals surface area contributed by atoms with Crippen molar-refractivity contribution in [2.45, 2.75) is 26.8 Å². The van der Waals surface area contributed by atoms with Gasteiger partial charge in [0.25, 0.3) is 11.8 Å². The lowest BCUT2D eigenvalue weighted by Gasteiger charge is -2.18. The molecule has 0 saturated carbocycles. The van der Waals surface area contributed by atoms with E-state index in [4.69, 9.17) is 9.47 Å². The summed E-state index contributed by atoms with van der Waals surface area (Å²) < 4.78 is 10.7. The van der Waals surface area contributed by atoms with E-state index in [1.54, 1.807) is 0 Å². The zero-order valence-corrected chi connectivity index (χ0v) is 17.3. The zero-order valence-electron chi connectivity index (χ0n) is 17.3. The Labute approximate surface area is 171 Å². The highest BCUT2D eigenvalue weighted by molar-refractivity contribution is 5.93. The molecule has 1 aliphatic heterocycles. The Morgan fingerprint density at radius 3 is 2.41 bits per heavy atom. The first-order valence-electron chi connectivity index (χ1n) is 9.69. The highest BCUT2D eigenvalue weighted by atomic mass is 16.7. The number of ether oxygens (including phenoxy) is 2. The quantitative estimate of drug-likeness (QED) is 0.658. The number of anilines is 1. The molecule has 3 N–H and O–H groups in total. The Bertz CT molecular complexity index is 893. The van der Waals surface area contributed by atoms with Gasteiger partial charge >= 0.3 is 0 Å². The minimum absolute atomic E-state index is 0.114. The van der Waals surface area contributed by atoms with E-state index >= 15 is 0 Å². The fourth-order valence-electron chi connectivity index (χ4n) is 3.36. The van der Waals surface area contributed by atoms with Crippen molar-refractivity contribution in [3.05, 3.63) is 53.1 Å². The van der Waals surface area contributed by atoms with Gasteiger partial charge in [-0.25, -0.2) is 0 Å². The molecule has 3 rings (SSSR count). The number of amides is 2. The van der Waals surface area contributed by atoms with Gasteiger partial charge in [-0.2, -0.15) is 0 Å². The SMILES string of the molecule is Cc1cccc(C)c1NC(=O)C[NH+](C)CC(=O)N[C@H](C)c1ccc2c(c1)OCO2. The Hall–Kier alpha value is -3.06. The van der Waals surface area contributed by atoms with Crippen LogP contribution in [0.4, 0.5) is 5.69 Å². The number of quaternary nitrogens is 1. The van der Waals surface area contributed by atoms with Crippen LogP contribution in [0.25, 0.3) is 0 Å². The van der Waals surface area contributed by atoms with Gasteiger partial charge in [-0.05, 0) is 49.6 Å². The highest BCUT2D eigenvalue weighted by Gasteiger charge is 2.19. The number of para-hydroxylation sites is 1. The van der Waals surface area contributed by atoms with Crippen LogP contribution in [0.15, 0.2) is 36.4 Å². The number of carbonyl (C=O) groups is 2. The molecule has 1 heterocycles. The second-order valence-electron chi connectivity index (χ2n) is 7.53. The Morgan fingerprint density at radius 2 is 1.69 bits per heavy atom. The van der Waals surface area contributed by atoms with Crippen LogP contribution in [-0.2, 0) is 9.59 Å². The van der Waals surface area contributed by atoms with Gasteiger partial charge in [0, 0.05) is 5.69 Å². The summed E-state index contributed by atoms with van der Waals surface area (Å²) in [4.78, 5) is 25.6. The number of hydrogen-bond acceptors (Lipinski definition) is 4. The van der Waals surface area contributed by atoms with Gasteiger partial charge in [0.15, 0.2) is 24.6 Å². The summed E-state index contributed by atoms with van der Waals surface area (Å²) in [5.41, 5.74) is 3.82. The molecule has 2 aromatic rings. The van der Waals surface area contributed by atoms with E-state index in [0.29, 0.717) is 11.5 Å². The Balaban J connectivity index is 1.49. The van der Waals surface area contributed by atoms with Crippen LogP contribution in [0, 0.1) is 13.8 Å². The van der Waals surface area contributed by atoms with Crippen LogP contribution in [0.1, 0.15) is 29.7 Å². The molecule has 29 heavy (non-hydrogen) atoms. The standard InChI is InChI=1S/C22H27N3O4/c1-14-6-5-7-15(2)22(14)24-21(27)12-25(4)11-20(26)23-16(3)17-8-9-18-19(10-17)29-13-28-18/h5-10,16H,11-13H2,1-4H3,(H,23,26)(H,24,27)/p+1/t16-/m1/s1. The molecule has 0 aliphatic carbocycles. The minimum Gasteiger partial charge on any atom is -0.454 e. The van der Waals surface area contributed by atoms with Gasteiger partial charge in [-0.1, -0.05) is 24.3 Å². The van der Waals surface area contributed by atoms with Crippen LogP contribution in [-0.4, -0.2) is 38.7 Å². The summed E-state index contributed by atoms with van der Waals surface area (Å²) in [6, 6.07) is 11.3. The lowest BCUT2D eigenvalue weighted by atomic mass is 10.1. The molecule has 0 bridgehead atoms. The molecule has 154 valence electrons. The molecule has 0 radical (unpaired) electrons. The molecule has 1 unspecified atom stereocenters. The van der Waals surface area contributed by atoms with Crippen molar-refractivity contribution in [1.29, 1.82) is 0 Å². The van der Waals surface area contributed by atoms with Gasteiger partial charge < -0.3 is 25.0 Å². The van der Waals surface area contributed by atoms with Gasteiger partial charge in [-0.3, -0.25) is 9.59 Å². The summed E-state index contributed by atoms with van der Waals surface area (Å²) in [5, 5.41) is 5.93. The van der Waals surface area contributed by atoms with Crippen molar-refractivity contribution in [2.24, 2.45) is 0 Å². The summed E-state index contributed by atoms with van der Waals surface area (Å²) in [6.07, 6.45) is 0. The smallest absolute Gasteiger partial charge is 0.279 e. The van der Waals surface area contributed by atoms with E-state index in [1.165, 1.54) is 0 Å². The summed E-state index contributed by atoms with van der Waals surface area (Å²) in [5.74, 6) is 1.17. The first-order chi connectivity index (χ1) is 13.8. The second-order valence-corrected chi connectivity index (χ2v) is 7.53. The summed E-state index contributed by atoms with van der Waals surface area (Å²) in [7, 11) is 1.83. The van der Waals surface area contributed by atoms with Crippen molar-refractivity contribution in [3.63, 3.8) is 0 Å². The number of fused-ring (bicyclic) bond motifs is 1. The molecule has 2 atom stereocenters. The van der Waals surface area contributed by atoms with Gasteiger partial charge in [0.2, 0.25) is 6.79 Å². The fourth-order valence-corrected chi connectivity index (χ4v) is 3.36. The second kappa shape index (κ2) is 8.96.